The fourth-order valence-corrected chi connectivity index (χ4v) is 4.95. The predicted molar refractivity (Wildman–Crippen MR) is 105 cm³/mol. The highest BCUT2D eigenvalue weighted by atomic mass is 32.2. The van der Waals surface area contributed by atoms with Crippen LogP contribution in [0.15, 0.2) is 47.0 Å². The van der Waals surface area contributed by atoms with Crippen LogP contribution in [-0.2, 0) is 21.3 Å². The van der Waals surface area contributed by atoms with Gasteiger partial charge in [-0.05, 0) is 12.1 Å². The molecule has 1 aliphatic heterocycles. The molecule has 0 atom stereocenters. The van der Waals surface area contributed by atoms with Crippen LogP contribution in [0.3, 0.4) is 0 Å². The highest BCUT2D eigenvalue weighted by Gasteiger charge is 2.27. The Balaban J connectivity index is 1.96. The normalized spacial score (nSPS) is 15.7. The lowest BCUT2D eigenvalue weighted by Gasteiger charge is -2.26. The second-order valence-corrected chi connectivity index (χ2v) is 8.89. The van der Waals surface area contributed by atoms with Crippen LogP contribution in [0.25, 0.3) is 11.4 Å². The van der Waals surface area contributed by atoms with Gasteiger partial charge in [-0.15, -0.1) is 16.8 Å². The molecule has 1 aliphatic rings. The Labute approximate surface area is 163 Å². The molecule has 10 heteroatoms. The molecule has 0 bridgehead atoms. The molecule has 0 amide bonds. The van der Waals surface area contributed by atoms with Gasteiger partial charge in [-0.25, -0.2) is 8.42 Å². The number of aromatic nitrogens is 3. The van der Waals surface area contributed by atoms with E-state index in [0.717, 1.165) is 10.9 Å². The van der Waals surface area contributed by atoms with E-state index in [0.29, 0.717) is 50.8 Å². The maximum absolute atomic E-state index is 12.9. The van der Waals surface area contributed by atoms with E-state index >= 15 is 0 Å². The van der Waals surface area contributed by atoms with E-state index in [9.17, 15) is 8.42 Å². The Bertz CT molecular complexity index is 892. The summed E-state index contributed by atoms with van der Waals surface area (Å²) in [6.45, 7) is 6.39. The molecular weight excluding hydrogens is 386 g/mol. The first-order valence-corrected chi connectivity index (χ1v) is 11.1. The van der Waals surface area contributed by atoms with E-state index in [1.807, 2.05) is 10.6 Å². The summed E-state index contributed by atoms with van der Waals surface area (Å²) < 4.78 is 34.5. The Kier molecular flexibility index (Phi) is 6.66. The second kappa shape index (κ2) is 8.98. The van der Waals surface area contributed by atoms with Gasteiger partial charge >= 0.3 is 0 Å². The topological polar surface area (TPSA) is 103 Å². The first-order chi connectivity index (χ1) is 13.1. The molecule has 0 radical (unpaired) electrons. The predicted octanol–water partition coefficient (Wildman–Crippen LogP) is 1.20. The summed E-state index contributed by atoms with van der Waals surface area (Å²) in [5, 5.41) is 9.23. The molecule has 0 saturated carbocycles. The highest BCUT2D eigenvalue weighted by Crippen LogP contribution is 2.27. The maximum Gasteiger partial charge on any atom is 0.243 e. The fourth-order valence-electron chi connectivity index (χ4n) is 2.78. The van der Waals surface area contributed by atoms with Crippen molar-refractivity contribution in [2.45, 2.75) is 16.6 Å². The Morgan fingerprint density at radius 2 is 2.07 bits per heavy atom. The maximum atomic E-state index is 12.9. The zero-order chi connectivity index (χ0) is 19.3. The largest absolute Gasteiger partial charge is 0.379 e. The summed E-state index contributed by atoms with van der Waals surface area (Å²) in [6.07, 6.45) is 1.76. The summed E-state index contributed by atoms with van der Waals surface area (Å²) in [4.78, 5) is 0.242. The number of sulfonamides is 1. The number of thioether (sulfide) groups is 1. The molecule has 2 heterocycles. The van der Waals surface area contributed by atoms with Crippen LogP contribution in [-0.4, -0.2) is 66.1 Å². The van der Waals surface area contributed by atoms with Crippen molar-refractivity contribution in [2.24, 2.45) is 5.73 Å². The molecule has 1 aromatic carbocycles. The van der Waals surface area contributed by atoms with E-state index in [4.69, 9.17) is 10.5 Å². The number of benzene rings is 1. The van der Waals surface area contributed by atoms with Crippen molar-refractivity contribution in [3.63, 3.8) is 0 Å². The summed E-state index contributed by atoms with van der Waals surface area (Å²) in [6, 6.07) is 6.81. The number of morpholine rings is 1. The number of rotatable bonds is 8. The standard InChI is InChI=1S/C17H23N5O3S2/c1-2-7-22-16(19-20-17(22)26-12-6-18)14-4-3-5-15(13-14)27(23,24)21-8-10-25-11-9-21/h2-5,13H,1,6-12,18H2. The van der Waals surface area contributed by atoms with Crippen LogP contribution in [0, 0.1) is 0 Å². The van der Waals surface area contributed by atoms with Crippen LogP contribution in [0.2, 0.25) is 0 Å². The van der Waals surface area contributed by atoms with Crippen molar-refractivity contribution in [3.8, 4) is 11.4 Å². The van der Waals surface area contributed by atoms with E-state index in [2.05, 4.69) is 16.8 Å². The number of allylic oxidation sites excluding steroid dienone is 1. The third-order valence-electron chi connectivity index (χ3n) is 4.08. The van der Waals surface area contributed by atoms with Gasteiger partial charge in [-0.1, -0.05) is 30.0 Å². The molecule has 0 aliphatic carbocycles. The molecule has 1 aromatic heterocycles. The zero-order valence-electron chi connectivity index (χ0n) is 15.0. The van der Waals surface area contributed by atoms with E-state index < -0.39 is 10.0 Å². The highest BCUT2D eigenvalue weighted by molar-refractivity contribution is 7.99. The van der Waals surface area contributed by atoms with E-state index in [1.54, 1.807) is 24.3 Å². The van der Waals surface area contributed by atoms with Gasteiger partial charge < -0.3 is 10.5 Å². The van der Waals surface area contributed by atoms with Gasteiger partial charge in [-0.3, -0.25) is 4.57 Å². The molecule has 2 aromatic rings. The molecule has 0 unspecified atom stereocenters. The molecule has 27 heavy (non-hydrogen) atoms. The average molecular weight is 410 g/mol. The van der Waals surface area contributed by atoms with Gasteiger partial charge in [0.25, 0.3) is 0 Å². The average Bonchev–Trinajstić information content (AvgIpc) is 3.10. The molecule has 1 fully saturated rings. The Hall–Kier alpha value is -1.72. The summed E-state index contributed by atoms with van der Waals surface area (Å²) in [5.74, 6) is 1.33. The molecule has 1 saturated heterocycles. The lowest BCUT2D eigenvalue weighted by molar-refractivity contribution is 0.0730. The molecule has 146 valence electrons. The lowest BCUT2D eigenvalue weighted by Crippen LogP contribution is -2.40. The van der Waals surface area contributed by atoms with Crippen molar-refractivity contribution in [1.29, 1.82) is 0 Å². The first kappa shape index (κ1) is 20.0. The van der Waals surface area contributed by atoms with Crippen molar-refractivity contribution in [3.05, 3.63) is 36.9 Å². The number of nitrogens with two attached hydrogens (primary N) is 1. The van der Waals surface area contributed by atoms with E-state index in [-0.39, 0.29) is 4.90 Å². The van der Waals surface area contributed by atoms with Crippen molar-refractivity contribution in [1.82, 2.24) is 19.1 Å². The van der Waals surface area contributed by atoms with Gasteiger partial charge in [0.1, 0.15) is 0 Å². The van der Waals surface area contributed by atoms with E-state index in [1.165, 1.54) is 16.1 Å². The third kappa shape index (κ3) is 4.41. The Morgan fingerprint density at radius 1 is 1.30 bits per heavy atom. The van der Waals surface area contributed by atoms with Crippen LogP contribution in [0.5, 0.6) is 0 Å². The SMILES string of the molecule is C=CCn1c(SCCN)nnc1-c1cccc(S(=O)(=O)N2CCOCC2)c1. The fraction of sp³-hybridized carbons (Fsp3) is 0.412. The smallest absolute Gasteiger partial charge is 0.243 e. The summed E-state index contributed by atoms with van der Waals surface area (Å²) >= 11 is 1.51. The summed E-state index contributed by atoms with van der Waals surface area (Å²) in [7, 11) is -3.57. The molecule has 2 N–H and O–H groups in total. The number of nitrogens with zero attached hydrogens (tertiary/aromatic N) is 4. The number of hydrogen-bond acceptors (Lipinski definition) is 7. The van der Waals surface area contributed by atoms with Gasteiger partial charge in [0.05, 0.1) is 18.1 Å². The number of hydrogen-bond donors (Lipinski definition) is 1. The quantitative estimate of drug-likeness (QED) is 0.516. The summed E-state index contributed by atoms with van der Waals surface area (Å²) in [5.41, 5.74) is 6.27. The van der Waals surface area contributed by atoms with Crippen LogP contribution < -0.4 is 5.73 Å². The minimum absolute atomic E-state index is 0.242. The van der Waals surface area contributed by atoms with Crippen LogP contribution in [0.1, 0.15) is 0 Å². The zero-order valence-corrected chi connectivity index (χ0v) is 16.6. The first-order valence-electron chi connectivity index (χ1n) is 8.63. The lowest BCUT2D eigenvalue weighted by atomic mass is 10.2. The third-order valence-corrected chi connectivity index (χ3v) is 6.97. The minimum Gasteiger partial charge on any atom is -0.379 e. The monoisotopic (exact) mass is 409 g/mol. The van der Waals surface area contributed by atoms with Gasteiger partial charge in [0, 0.05) is 37.5 Å². The molecule has 8 nitrogen and oxygen atoms in total. The van der Waals surface area contributed by atoms with Crippen molar-refractivity contribution >= 4 is 21.8 Å². The van der Waals surface area contributed by atoms with Crippen molar-refractivity contribution in [2.75, 3.05) is 38.6 Å². The van der Waals surface area contributed by atoms with Gasteiger partial charge in [0.2, 0.25) is 10.0 Å². The van der Waals surface area contributed by atoms with Crippen molar-refractivity contribution < 1.29 is 13.2 Å². The van der Waals surface area contributed by atoms with Crippen LogP contribution >= 0.6 is 11.8 Å². The van der Waals surface area contributed by atoms with Crippen LogP contribution in [0.4, 0.5) is 0 Å². The molecule has 0 spiro atoms. The minimum atomic E-state index is -3.57. The molecular formula is C17H23N5O3S2. The molecule has 3 rings (SSSR count). The second-order valence-electron chi connectivity index (χ2n) is 5.89. The van der Waals surface area contributed by atoms with Gasteiger partial charge in [0.15, 0.2) is 11.0 Å². The Morgan fingerprint density at radius 3 is 2.78 bits per heavy atom. The number of ether oxygens (including phenoxy) is 1. The van der Waals surface area contributed by atoms with Gasteiger partial charge in [-0.2, -0.15) is 4.31 Å².